The average molecular weight is 211 g/mol. The number of fused-ring (bicyclic) bond motifs is 1. The molecule has 3 nitrogen and oxygen atoms in total. The molecule has 1 aromatic carbocycles. The fourth-order valence-electron chi connectivity index (χ4n) is 2.11. The third-order valence-electron chi connectivity index (χ3n) is 2.92. The van der Waals surface area contributed by atoms with E-state index in [4.69, 9.17) is 0 Å². The van der Waals surface area contributed by atoms with Gasteiger partial charge in [-0.15, -0.1) is 0 Å². The summed E-state index contributed by atoms with van der Waals surface area (Å²) in [5, 5.41) is 4.38. The highest BCUT2D eigenvalue weighted by Crippen LogP contribution is 2.18. The van der Waals surface area contributed by atoms with Gasteiger partial charge in [0.15, 0.2) is 0 Å². The van der Waals surface area contributed by atoms with Crippen molar-refractivity contribution in [1.82, 2.24) is 10.3 Å². The molecule has 16 heavy (non-hydrogen) atoms. The summed E-state index contributed by atoms with van der Waals surface area (Å²) in [5.41, 5.74) is 2.39. The predicted octanol–water partition coefficient (Wildman–Crippen LogP) is 1.78. The van der Waals surface area contributed by atoms with Crippen molar-refractivity contribution in [2.45, 2.75) is 12.5 Å². The third-order valence-corrected chi connectivity index (χ3v) is 2.92. The lowest BCUT2D eigenvalue weighted by molar-refractivity contribution is 0.695. The maximum atomic E-state index is 4.38. The third kappa shape index (κ3) is 1.65. The molecule has 1 atom stereocenters. The van der Waals surface area contributed by atoms with Crippen LogP contribution in [0.2, 0.25) is 0 Å². The lowest BCUT2D eigenvalue weighted by Crippen LogP contribution is -2.17. The van der Waals surface area contributed by atoms with Crippen LogP contribution in [0, 0.1) is 0 Å². The molecule has 0 saturated heterocycles. The second-order valence-electron chi connectivity index (χ2n) is 4.03. The van der Waals surface area contributed by atoms with Crippen molar-refractivity contribution in [2.24, 2.45) is 4.99 Å². The van der Waals surface area contributed by atoms with Gasteiger partial charge in [0.05, 0.1) is 17.9 Å². The fraction of sp³-hybridized carbons (Fsp3) is 0.231. The van der Waals surface area contributed by atoms with Gasteiger partial charge in [0.1, 0.15) is 0 Å². The van der Waals surface area contributed by atoms with Crippen molar-refractivity contribution in [3.8, 4) is 0 Å². The van der Waals surface area contributed by atoms with Crippen LogP contribution in [0.3, 0.4) is 0 Å². The summed E-state index contributed by atoms with van der Waals surface area (Å²) in [4.78, 5) is 8.74. The summed E-state index contributed by atoms with van der Waals surface area (Å²) in [7, 11) is 0. The van der Waals surface area contributed by atoms with E-state index in [1.807, 2.05) is 12.3 Å². The highest BCUT2D eigenvalue weighted by molar-refractivity contribution is 5.81. The Morgan fingerprint density at radius 2 is 2.19 bits per heavy atom. The van der Waals surface area contributed by atoms with Crippen LogP contribution in [0.1, 0.15) is 5.56 Å². The second-order valence-corrected chi connectivity index (χ2v) is 4.03. The first-order chi connectivity index (χ1) is 7.93. The number of para-hydroxylation sites is 1. The summed E-state index contributed by atoms with van der Waals surface area (Å²) >= 11 is 0. The van der Waals surface area contributed by atoms with Crippen molar-refractivity contribution in [3.63, 3.8) is 0 Å². The molecule has 3 heteroatoms. The highest BCUT2D eigenvalue weighted by atomic mass is 15.0. The van der Waals surface area contributed by atoms with Gasteiger partial charge in [0, 0.05) is 18.1 Å². The molecule has 0 amide bonds. The maximum Gasteiger partial charge on any atom is 0.0828 e. The molecule has 0 saturated carbocycles. The molecular formula is C13H13N3. The SMILES string of the molecule is C1=NC(Cc2ccnc3ccccc23)CN1. The summed E-state index contributed by atoms with van der Waals surface area (Å²) in [6.45, 7) is 0.941. The molecule has 1 aliphatic rings. The monoisotopic (exact) mass is 211 g/mol. The van der Waals surface area contributed by atoms with Crippen LogP contribution in [-0.2, 0) is 6.42 Å². The minimum atomic E-state index is 0.366. The molecule has 80 valence electrons. The van der Waals surface area contributed by atoms with Crippen LogP contribution in [-0.4, -0.2) is 23.9 Å². The van der Waals surface area contributed by atoms with Crippen molar-refractivity contribution in [3.05, 3.63) is 42.1 Å². The van der Waals surface area contributed by atoms with E-state index >= 15 is 0 Å². The summed E-state index contributed by atoms with van der Waals surface area (Å²) in [6, 6.07) is 10.7. The number of aliphatic imine (C=N–C) groups is 1. The molecule has 0 fully saturated rings. The molecule has 2 aromatic rings. The molecule has 0 spiro atoms. The zero-order valence-corrected chi connectivity index (χ0v) is 8.93. The lowest BCUT2D eigenvalue weighted by atomic mass is 10.0. The highest BCUT2D eigenvalue weighted by Gasteiger charge is 2.12. The minimum absolute atomic E-state index is 0.366. The summed E-state index contributed by atoms with van der Waals surface area (Å²) < 4.78 is 0. The van der Waals surface area contributed by atoms with Crippen LogP contribution >= 0.6 is 0 Å². The van der Waals surface area contributed by atoms with Gasteiger partial charge in [-0.2, -0.15) is 0 Å². The molecule has 2 heterocycles. The van der Waals surface area contributed by atoms with Gasteiger partial charge in [0.25, 0.3) is 0 Å². The first kappa shape index (κ1) is 9.33. The van der Waals surface area contributed by atoms with Gasteiger partial charge in [0.2, 0.25) is 0 Å². The van der Waals surface area contributed by atoms with Gasteiger partial charge < -0.3 is 5.32 Å². The quantitative estimate of drug-likeness (QED) is 0.822. The van der Waals surface area contributed by atoms with E-state index < -0.39 is 0 Å². The Bertz CT molecular complexity index is 528. The number of hydrogen-bond acceptors (Lipinski definition) is 3. The zero-order valence-electron chi connectivity index (χ0n) is 8.93. The standard InChI is InChI=1S/C13H13N3/c1-2-4-13-12(3-1)10(5-6-15-13)7-11-8-14-9-16-11/h1-6,9,11H,7-8H2,(H,14,16). The number of nitrogens with one attached hydrogen (secondary N) is 1. The topological polar surface area (TPSA) is 37.3 Å². The van der Waals surface area contributed by atoms with Crippen LogP contribution in [0.15, 0.2) is 41.5 Å². The number of nitrogens with zero attached hydrogens (tertiary/aromatic N) is 2. The van der Waals surface area contributed by atoms with Crippen molar-refractivity contribution < 1.29 is 0 Å². The lowest BCUT2D eigenvalue weighted by Gasteiger charge is -2.08. The van der Waals surface area contributed by atoms with E-state index in [0.29, 0.717) is 6.04 Å². The summed E-state index contributed by atoms with van der Waals surface area (Å²) in [6.07, 6.45) is 4.66. The maximum absolute atomic E-state index is 4.38. The number of pyridine rings is 1. The first-order valence-electron chi connectivity index (χ1n) is 5.51. The molecule has 0 aliphatic carbocycles. The van der Waals surface area contributed by atoms with Crippen molar-refractivity contribution in [1.29, 1.82) is 0 Å². The van der Waals surface area contributed by atoms with Crippen LogP contribution in [0.4, 0.5) is 0 Å². The molecule has 1 N–H and O–H groups in total. The Kier molecular flexibility index (Phi) is 2.29. The van der Waals surface area contributed by atoms with Gasteiger partial charge in [-0.05, 0) is 24.1 Å². The molecule has 0 radical (unpaired) electrons. The van der Waals surface area contributed by atoms with Gasteiger partial charge in [-0.25, -0.2) is 0 Å². The molecule has 1 unspecified atom stereocenters. The second kappa shape index (κ2) is 3.93. The van der Waals surface area contributed by atoms with Crippen LogP contribution in [0.5, 0.6) is 0 Å². The molecule has 1 aromatic heterocycles. The summed E-state index contributed by atoms with van der Waals surface area (Å²) in [5.74, 6) is 0. The van der Waals surface area contributed by atoms with E-state index in [2.05, 4.69) is 39.6 Å². The van der Waals surface area contributed by atoms with E-state index in [0.717, 1.165) is 18.5 Å². The van der Waals surface area contributed by atoms with Gasteiger partial charge in [-0.3, -0.25) is 9.98 Å². The number of hydrogen-bond donors (Lipinski definition) is 1. The normalized spacial score (nSPS) is 18.9. The van der Waals surface area contributed by atoms with Crippen LogP contribution in [0.25, 0.3) is 10.9 Å². The van der Waals surface area contributed by atoms with Crippen molar-refractivity contribution in [2.75, 3.05) is 6.54 Å². The Hall–Kier alpha value is -1.90. The number of aromatic nitrogens is 1. The largest absolute Gasteiger partial charge is 0.374 e. The number of benzene rings is 1. The zero-order chi connectivity index (χ0) is 10.8. The minimum Gasteiger partial charge on any atom is -0.374 e. The van der Waals surface area contributed by atoms with Crippen LogP contribution < -0.4 is 5.32 Å². The Morgan fingerprint density at radius 1 is 1.25 bits per heavy atom. The Balaban J connectivity index is 1.99. The van der Waals surface area contributed by atoms with E-state index in [9.17, 15) is 0 Å². The Labute approximate surface area is 94.2 Å². The smallest absolute Gasteiger partial charge is 0.0828 e. The van der Waals surface area contributed by atoms with E-state index in [1.165, 1.54) is 10.9 Å². The fourth-order valence-corrected chi connectivity index (χ4v) is 2.11. The first-order valence-corrected chi connectivity index (χ1v) is 5.51. The van der Waals surface area contributed by atoms with Crippen molar-refractivity contribution >= 4 is 17.2 Å². The molecule has 3 rings (SSSR count). The van der Waals surface area contributed by atoms with E-state index in [1.54, 1.807) is 6.34 Å². The average Bonchev–Trinajstić information content (AvgIpc) is 2.82. The van der Waals surface area contributed by atoms with Gasteiger partial charge >= 0.3 is 0 Å². The van der Waals surface area contributed by atoms with E-state index in [-0.39, 0.29) is 0 Å². The predicted molar refractivity (Wildman–Crippen MR) is 65.7 cm³/mol. The molecular weight excluding hydrogens is 198 g/mol. The Morgan fingerprint density at radius 3 is 3.06 bits per heavy atom. The van der Waals surface area contributed by atoms with Gasteiger partial charge in [-0.1, -0.05) is 18.2 Å². The molecule has 1 aliphatic heterocycles. The molecule has 0 bridgehead atoms. The number of rotatable bonds is 2.